The van der Waals surface area contributed by atoms with Crippen molar-refractivity contribution in [3.05, 3.63) is 70.0 Å². The van der Waals surface area contributed by atoms with Crippen LogP contribution in [0.5, 0.6) is 0 Å². The van der Waals surface area contributed by atoms with E-state index in [4.69, 9.17) is 11.6 Å². The molecule has 18 heavy (non-hydrogen) atoms. The maximum atomic E-state index is 13.4. The van der Waals surface area contributed by atoms with Crippen molar-refractivity contribution in [1.29, 1.82) is 0 Å². The van der Waals surface area contributed by atoms with Crippen LogP contribution in [-0.4, -0.2) is 7.05 Å². The largest absolute Gasteiger partial charge is 0.309 e. The Morgan fingerprint density at radius 1 is 1.17 bits per heavy atom. The van der Waals surface area contributed by atoms with Crippen LogP contribution in [0, 0.1) is 12.7 Å². The first-order valence-corrected chi connectivity index (χ1v) is 6.18. The molecule has 0 aliphatic rings. The van der Waals surface area contributed by atoms with E-state index in [0.717, 1.165) is 16.7 Å². The lowest BCUT2D eigenvalue weighted by Crippen LogP contribution is -2.18. The standard InChI is InChI=1S/C15H15ClFN/c1-10-6-7-13(17)9-14(10)15(18-2)11-4-3-5-12(16)8-11/h3-9,15,18H,1-2H3. The molecule has 0 fully saturated rings. The third-order valence-corrected chi connectivity index (χ3v) is 3.26. The van der Waals surface area contributed by atoms with Gasteiger partial charge in [0, 0.05) is 5.02 Å². The first kappa shape index (κ1) is 13.1. The molecule has 0 amide bonds. The number of rotatable bonds is 3. The summed E-state index contributed by atoms with van der Waals surface area (Å²) in [4.78, 5) is 0. The van der Waals surface area contributed by atoms with E-state index in [-0.39, 0.29) is 11.9 Å². The molecule has 0 saturated carbocycles. The van der Waals surface area contributed by atoms with E-state index in [1.54, 1.807) is 12.1 Å². The summed E-state index contributed by atoms with van der Waals surface area (Å²) in [7, 11) is 1.86. The lowest BCUT2D eigenvalue weighted by Gasteiger charge is -2.19. The second kappa shape index (κ2) is 5.51. The van der Waals surface area contributed by atoms with E-state index in [1.807, 2.05) is 38.2 Å². The van der Waals surface area contributed by atoms with Crippen LogP contribution in [0.4, 0.5) is 4.39 Å². The van der Waals surface area contributed by atoms with Gasteiger partial charge in [-0.2, -0.15) is 0 Å². The Morgan fingerprint density at radius 3 is 2.61 bits per heavy atom. The molecule has 1 nitrogen and oxygen atoms in total. The lowest BCUT2D eigenvalue weighted by molar-refractivity contribution is 0.615. The maximum absolute atomic E-state index is 13.4. The number of nitrogens with one attached hydrogen (secondary N) is 1. The molecule has 2 aromatic rings. The van der Waals surface area contributed by atoms with Gasteiger partial charge in [-0.1, -0.05) is 29.8 Å². The van der Waals surface area contributed by atoms with E-state index in [0.29, 0.717) is 5.02 Å². The molecule has 0 aromatic heterocycles. The fourth-order valence-electron chi connectivity index (χ4n) is 2.11. The highest BCUT2D eigenvalue weighted by Crippen LogP contribution is 2.26. The highest BCUT2D eigenvalue weighted by Gasteiger charge is 2.15. The van der Waals surface area contributed by atoms with Gasteiger partial charge in [-0.15, -0.1) is 0 Å². The third kappa shape index (κ3) is 2.71. The zero-order valence-corrected chi connectivity index (χ0v) is 11.1. The Morgan fingerprint density at radius 2 is 1.94 bits per heavy atom. The van der Waals surface area contributed by atoms with Gasteiger partial charge in [0.05, 0.1) is 6.04 Å². The molecule has 1 unspecified atom stereocenters. The summed E-state index contributed by atoms with van der Waals surface area (Å²) in [5.74, 6) is -0.224. The summed E-state index contributed by atoms with van der Waals surface area (Å²) < 4.78 is 13.4. The molecule has 0 spiro atoms. The van der Waals surface area contributed by atoms with E-state index < -0.39 is 0 Å². The highest BCUT2D eigenvalue weighted by atomic mass is 35.5. The zero-order valence-electron chi connectivity index (χ0n) is 10.4. The summed E-state index contributed by atoms with van der Waals surface area (Å²) in [5.41, 5.74) is 3.01. The number of hydrogen-bond donors (Lipinski definition) is 1. The van der Waals surface area contributed by atoms with Crippen LogP contribution >= 0.6 is 11.6 Å². The van der Waals surface area contributed by atoms with E-state index >= 15 is 0 Å². The Labute approximate surface area is 112 Å². The van der Waals surface area contributed by atoms with Crippen molar-refractivity contribution in [1.82, 2.24) is 5.32 Å². The Hall–Kier alpha value is -1.38. The smallest absolute Gasteiger partial charge is 0.123 e. The zero-order chi connectivity index (χ0) is 13.1. The van der Waals surface area contributed by atoms with Gasteiger partial charge in [0.1, 0.15) is 5.82 Å². The van der Waals surface area contributed by atoms with Gasteiger partial charge < -0.3 is 5.32 Å². The molecule has 0 aliphatic heterocycles. The molecular formula is C15H15ClFN. The van der Waals surface area contributed by atoms with E-state index in [9.17, 15) is 4.39 Å². The Kier molecular flexibility index (Phi) is 4.00. The van der Waals surface area contributed by atoms with Crippen molar-refractivity contribution in [2.24, 2.45) is 0 Å². The van der Waals surface area contributed by atoms with Gasteiger partial charge in [0.15, 0.2) is 0 Å². The number of aryl methyl sites for hydroxylation is 1. The molecule has 1 N–H and O–H groups in total. The van der Waals surface area contributed by atoms with Crippen LogP contribution < -0.4 is 5.32 Å². The molecule has 0 saturated heterocycles. The minimum absolute atomic E-state index is 0.0561. The average molecular weight is 264 g/mol. The molecule has 0 radical (unpaired) electrons. The SMILES string of the molecule is CNC(c1cccc(Cl)c1)c1cc(F)ccc1C. The first-order valence-electron chi connectivity index (χ1n) is 5.80. The molecule has 0 bridgehead atoms. The van der Waals surface area contributed by atoms with Crippen LogP contribution in [0.25, 0.3) is 0 Å². The normalized spacial score (nSPS) is 12.4. The summed E-state index contributed by atoms with van der Waals surface area (Å²) >= 11 is 6.00. The number of benzene rings is 2. The quantitative estimate of drug-likeness (QED) is 0.879. The summed E-state index contributed by atoms with van der Waals surface area (Å²) in [6.07, 6.45) is 0. The van der Waals surface area contributed by atoms with Crippen LogP contribution in [0.2, 0.25) is 5.02 Å². The summed E-state index contributed by atoms with van der Waals surface area (Å²) in [5, 5.41) is 3.89. The van der Waals surface area contributed by atoms with E-state index in [2.05, 4.69) is 5.32 Å². The molecule has 0 heterocycles. The second-order valence-corrected chi connectivity index (χ2v) is 4.71. The van der Waals surface area contributed by atoms with Crippen LogP contribution in [0.3, 0.4) is 0 Å². The minimum atomic E-state index is -0.224. The highest BCUT2D eigenvalue weighted by molar-refractivity contribution is 6.30. The predicted octanol–water partition coefficient (Wildman–Crippen LogP) is 4.10. The van der Waals surface area contributed by atoms with Crippen LogP contribution in [-0.2, 0) is 0 Å². The Bertz CT molecular complexity index is 554. The predicted molar refractivity (Wildman–Crippen MR) is 73.5 cm³/mol. The maximum Gasteiger partial charge on any atom is 0.123 e. The molecule has 1 atom stereocenters. The summed E-state index contributed by atoms with van der Waals surface area (Å²) in [6, 6.07) is 12.4. The van der Waals surface area contributed by atoms with Gasteiger partial charge in [-0.3, -0.25) is 0 Å². The van der Waals surface area contributed by atoms with Gasteiger partial charge in [0.25, 0.3) is 0 Å². The van der Waals surface area contributed by atoms with E-state index in [1.165, 1.54) is 6.07 Å². The third-order valence-electron chi connectivity index (χ3n) is 3.02. The fourth-order valence-corrected chi connectivity index (χ4v) is 2.31. The lowest BCUT2D eigenvalue weighted by atomic mass is 9.95. The topological polar surface area (TPSA) is 12.0 Å². The van der Waals surface area contributed by atoms with Gasteiger partial charge in [-0.25, -0.2) is 4.39 Å². The van der Waals surface area contributed by atoms with Crippen molar-refractivity contribution in [3.63, 3.8) is 0 Å². The van der Waals surface area contributed by atoms with Crippen molar-refractivity contribution in [3.8, 4) is 0 Å². The number of halogens is 2. The second-order valence-electron chi connectivity index (χ2n) is 4.28. The van der Waals surface area contributed by atoms with Crippen LogP contribution in [0.1, 0.15) is 22.7 Å². The number of hydrogen-bond acceptors (Lipinski definition) is 1. The first-order chi connectivity index (χ1) is 8.61. The molecule has 0 aliphatic carbocycles. The average Bonchev–Trinajstić information content (AvgIpc) is 2.35. The Balaban J connectivity index is 2.48. The van der Waals surface area contributed by atoms with Crippen molar-refractivity contribution in [2.75, 3.05) is 7.05 Å². The molecule has 94 valence electrons. The van der Waals surface area contributed by atoms with Crippen molar-refractivity contribution >= 4 is 11.6 Å². The fraction of sp³-hybridized carbons (Fsp3) is 0.200. The van der Waals surface area contributed by atoms with Gasteiger partial charge in [-0.05, 0) is 54.9 Å². The van der Waals surface area contributed by atoms with Crippen LogP contribution in [0.15, 0.2) is 42.5 Å². The van der Waals surface area contributed by atoms with Gasteiger partial charge >= 0.3 is 0 Å². The molecule has 2 aromatic carbocycles. The minimum Gasteiger partial charge on any atom is -0.309 e. The molecule has 2 rings (SSSR count). The summed E-state index contributed by atoms with van der Waals surface area (Å²) in [6.45, 7) is 1.98. The van der Waals surface area contributed by atoms with Crippen molar-refractivity contribution in [2.45, 2.75) is 13.0 Å². The molecule has 3 heteroatoms. The monoisotopic (exact) mass is 263 g/mol. The van der Waals surface area contributed by atoms with Gasteiger partial charge in [0.2, 0.25) is 0 Å². The molecular weight excluding hydrogens is 249 g/mol. The van der Waals surface area contributed by atoms with Crippen molar-refractivity contribution < 1.29 is 4.39 Å².